The minimum Gasteiger partial charge on any atom is -0.453 e. The zero-order valence-electron chi connectivity index (χ0n) is 11.5. The van der Waals surface area contributed by atoms with Crippen molar-refractivity contribution >= 4 is 18.3 Å². The van der Waals surface area contributed by atoms with E-state index in [1.165, 1.54) is 0 Å². The first-order valence-corrected chi connectivity index (χ1v) is 6.25. The standard InChI is InChI=1S/C13H20N2O3.ClH/c1-9-10(2)15(7-6-14-9)13(16)12-5-4-11(18-12)8-17-3;/h4-5,9-10,14H,6-8H2,1-3H3;1H. The normalized spacial score (nSPS) is 23.0. The molecule has 0 radical (unpaired) electrons. The fraction of sp³-hybridized carbons (Fsp3) is 0.615. The fourth-order valence-electron chi connectivity index (χ4n) is 2.20. The van der Waals surface area contributed by atoms with Gasteiger partial charge in [0.25, 0.3) is 5.91 Å². The lowest BCUT2D eigenvalue weighted by atomic mass is 10.1. The van der Waals surface area contributed by atoms with E-state index in [-0.39, 0.29) is 24.4 Å². The molecule has 1 fully saturated rings. The van der Waals surface area contributed by atoms with Crippen LogP contribution in [0.4, 0.5) is 0 Å². The molecule has 1 aliphatic rings. The van der Waals surface area contributed by atoms with E-state index in [9.17, 15) is 4.79 Å². The summed E-state index contributed by atoms with van der Waals surface area (Å²) < 4.78 is 10.5. The third kappa shape index (κ3) is 3.49. The number of halogens is 1. The highest BCUT2D eigenvalue weighted by molar-refractivity contribution is 5.91. The van der Waals surface area contributed by atoms with Gasteiger partial charge < -0.3 is 19.4 Å². The van der Waals surface area contributed by atoms with E-state index < -0.39 is 0 Å². The SMILES string of the molecule is COCc1ccc(C(=O)N2CCNC(C)C2C)o1.Cl. The molecule has 0 aliphatic carbocycles. The molecule has 108 valence electrons. The number of piperazine rings is 1. The quantitative estimate of drug-likeness (QED) is 0.919. The molecule has 1 amide bonds. The molecule has 1 aliphatic heterocycles. The van der Waals surface area contributed by atoms with Gasteiger partial charge in [0.05, 0.1) is 0 Å². The summed E-state index contributed by atoms with van der Waals surface area (Å²) in [4.78, 5) is 14.2. The van der Waals surface area contributed by atoms with Gasteiger partial charge in [-0.25, -0.2) is 0 Å². The van der Waals surface area contributed by atoms with Gasteiger partial charge in [0, 0.05) is 32.3 Å². The van der Waals surface area contributed by atoms with Crippen molar-refractivity contribution in [1.82, 2.24) is 10.2 Å². The van der Waals surface area contributed by atoms with E-state index >= 15 is 0 Å². The predicted molar refractivity (Wildman–Crippen MR) is 74.6 cm³/mol. The van der Waals surface area contributed by atoms with Gasteiger partial charge in [0.15, 0.2) is 5.76 Å². The Bertz CT molecular complexity index is 422. The Labute approximate surface area is 119 Å². The molecule has 0 saturated carbocycles. The first-order chi connectivity index (χ1) is 8.63. The maximum atomic E-state index is 12.3. The average Bonchev–Trinajstić information content (AvgIpc) is 2.81. The van der Waals surface area contributed by atoms with Crippen LogP contribution in [-0.4, -0.2) is 43.1 Å². The van der Waals surface area contributed by atoms with Crippen molar-refractivity contribution in [3.05, 3.63) is 23.7 Å². The van der Waals surface area contributed by atoms with Crippen molar-refractivity contribution in [2.45, 2.75) is 32.5 Å². The monoisotopic (exact) mass is 288 g/mol. The smallest absolute Gasteiger partial charge is 0.289 e. The second-order valence-corrected chi connectivity index (χ2v) is 4.68. The topological polar surface area (TPSA) is 54.7 Å². The summed E-state index contributed by atoms with van der Waals surface area (Å²) in [6.07, 6.45) is 0. The van der Waals surface area contributed by atoms with Crippen molar-refractivity contribution in [2.75, 3.05) is 20.2 Å². The van der Waals surface area contributed by atoms with Gasteiger partial charge in [-0.05, 0) is 26.0 Å². The Balaban J connectivity index is 0.00000180. The molecule has 1 N–H and O–H groups in total. The number of ether oxygens (including phenoxy) is 1. The van der Waals surface area contributed by atoms with Crippen LogP contribution in [0.1, 0.15) is 30.2 Å². The molecule has 19 heavy (non-hydrogen) atoms. The third-order valence-electron chi connectivity index (χ3n) is 3.45. The van der Waals surface area contributed by atoms with Crippen LogP contribution in [0.2, 0.25) is 0 Å². The molecular formula is C13H21ClN2O3. The fourth-order valence-corrected chi connectivity index (χ4v) is 2.20. The number of rotatable bonds is 3. The van der Waals surface area contributed by atoms with Crippen molar-refractivity contribution in [3.8, 4) is 0 Å². The van der Waals surface area contributed by atoms with Crippen LogP contribution in [0.3, 0.4) is 0 Å². The van der Waals surface area contributed by atoms with Crippen molar-refractivity contribution in [2.24, 2.45) is 0 Å². The van der Waals surface area contributed by atoms with Crippen molar-refractivity contribution < 1.29 is 13.9 Å². The first kappa shape index (κ1) is 16.0. The minimum absolute atomic E-state index is 0. The maximum Gasteiger partial charge on any atom is 0.289 e. The summed E-state index contributed by atoms with van der Waals surface area (Å²) in [5.74, 6) is 1.03. The third-order valence-corrected chi connectivity index (χ3v) is 3.45. The summed E-state index contributed by atoms with van der Waals surface area (Å²) in [5, 5.41) is 3.35. The van der Waals surface area contributed by atoms with E-state index in [0.717, 1.165) is 6.54 Å². The van der Waals surface area contributed by atoms with Gasteiger partial charge >= 0.3 is 0 Å². The summed E-state index contributed by atoms with van der Waals surface area (Å²) >= 11 is 0. The van der Waals surface area contributed by atoms with Crippen LogP contribution < -0.4 is 5.32 Å². The van der Waals surface area contributed by atoms with E-state index in [4.69, 9.17) is 9.15 Å². The van der Waals surface area contributed by atoms with E-state index in [1.807, 2.05) is 11.8 Å². The molecule has 6 heteroatoms. The number of amides is 1. The summed E-state index contributed by atoms with van der Waals surface area (Å²) in [6.45, 7) is 6.06. The molecule has 0 bridgehead atoms. The molecule has 2 heterocycles. The Morgan fingerprint density at radius 2 is 2.26 bits per heavy atom. The number of hydrogen-bond acceptors (Lipinski definition) is 4. The lowest BCUT2D eigenvalue weighted by Crippen LogP contribution is -2.57. The van der Waals surface area contributed by atoms with E-state index in [0.29, 0.717) is 30.7 Å². The van der Waals surface area contributed by atoms with Gasteiger partial charge in [-0.2, -0.15) is 0 Å². The Morgan fingerprint density at radius 3 is 2.95 bits per heavy atom. The summed E-state index contributed by atoms with van der Waals surface area (Å²) in [6, 6.07) is 3.97. The van der Waals surface area contributed by atoms with Crippen LogP contribution in [-0.2, 0) is 11.3 Å². The number of carbonyl (C=O) groups is 1. The van der Waals surface area contributed by atoms with Crippen LogP contribution >= 0.6 is 12.4 Å². The van der Waals surface area contributed by atoms with Crippen molar-refractivity contribution in [1.29, 1.82) is 0 Å². The average molecular weight is 289 g/mol. The first-order valence-electron chi connectivity index (χ1n) is 6.25. The zero-order valence-corrected chi connectivity index (χ0v) is 12.3. The molecule has 0 aromatic carbocycles. The summed E-state index contributed by atoms with van der Waals surface area (Å²) in [7, 11) is 1.60. The molecule has 2 atom stereocenters. The number of nitrogens with one attached hydrogen (secondary N) is 1. The molecule has 5 nitrogen and oxygen atoms in total. The molecular weight excluding hydrogens is 268 g/mol. The highest BCUT2D eigenvalue weighted by atomic mass is 35.5. The van der Waals surface area contributed by atoms with E-state index in [1.54, 1.807) is 19.2 Å². The molecule has 2 rings (SSSR count). The second-order valence-electron chi connectivity index (χ2n) is 4.68. The van der Waals surface area contributed by atoms with Gasteiger partial charge in [-0.3, -0.25) is 4.79 Å². The van der Waals surface area contributed by atoms with Crippen molar-refractivity contribution in [3.63, 3.8) is 0 Å². The van der Waals surface area contributed by atoms with Crippen LogP contribution in [0.25, 0.3) is 0 Å². The van der Waals surface area contributed by atoms with Gasteiger partial charge in [0.1, 0.15) is 12.4 Å². The molecule has 1 saturated heterocycles. The highest BCUT2D eigenvalue weighted by Gasteiger charge is 2.30. The zero-order chi connectivity index (χ0) is 13.1. The highest BCUT2D eigenvalue weighted by Crippen LogP contribution is 2.16. The Kier molecular flexibility index (Phi) is 5.85. The number of methoxy groups -OCH3 is 1. The number of carbonyl (C=O) groups excluding carboxylic acids is 1. The number of furan rings is 1. The van der Waals surface area contributed by atoms with Crippen LogP contribution in [0.15, 0.2) is 16.5 Å². The van der Waals surface area contributed by atoms with Crippen LogP contribution in [0.5, 0.6) is 0 Å². The van der Waals surface area contributed by atoms with Crippen LogP contribution in [0, 0.1) is 0 Å². The maximum absolute atomic E-state index is 12.3. The van der Waals surface area contributed by atoms with Gasteiger partial charge in [-0.1, -0.05) is 0 Å². The Morgan fingerprint density at radius 1 is 1.53 bits per heavy atom. The number of hydrogen-bond donors (Lipinski definition) is 1. The minimum atomic E-state index is -0.0433. The Hall–Kier alpha value is -1.04. The van der Waals surface area contributed by atoms with E-state index in [2.05, 4.69) is 12.2 Å². The second kappa shape index (κ2) is 6.93. The molecule has 0 spiro atoms. The van der Waals surface area contributed by atoms with Gasteiger partial charge in [0.2, 0.25) is 0 Å². The largest absolute Gasteiger partial charge is 0.453 e. The number of nitrogens with zero attached hydrogens (tertiary/aromatic N) is 1. The lowest BCUT2D eigenvalue weighted by Gasteiger charge is -2.38. The van der Waals surface area contributed by atoms with Gasteiger partial charge in [-0.15, -0.1) is 12.4 Å². The molecule has 1 aromatic rings. The lowest BCUT2D eigenvalue weighted by molar-refractivity contribution is 0.0564. The molecule has 1 aromatic heterocycles. The summed E-state index contributed by atoms with van der Waals surface area (Å²) in [5.41, 5.74) is 0. The molecule has 2 unspecified atom stereocenters. The predicted octanol–water partition coefficient (Wildman–Crippen LogP) is 1.67.